The topological polar surface area (TPSA) is 56.2 Å². The summed E-state index contributed by atoms with van der Waals surface area (Å²) in [7, 11) is 1.90. The van der Waals surface area contributed by atoms with Crippen LogP contribution in [-0.2, 0) is 16.1 Å². The van der Waals surface area contributed by atoms with Crippen LogP contribution in [0.3, 0.4) is 0 Å². The van der Waals surface area contributed by atoms with Crippen molar-refractivity contribution in [3.05, 3.63) is 17.0 Å². The van der Waals surface area contributed by atoms with Gasteiger partial charge in [0.1, 0.15) is 6.04 Å². The van der Waals surface area contributed by atoms with E-state index in [-0.39, 0.29) is 12.0 Å². The van der Waals surface area contributed by atoms with E-state index in [0.29, 0.717) is 13.0 Å². The van der Waals surface area contributed by atoms with Crippen molar-refractivity contribution in [1.29, 1.82) is 0 Å². The largest absolute Gasteiger partial charge is 0.464 e. The third-order valence-corrected chi connectivity index (χ3v) is 3.07. The fraction of sp³-hybridized carbons (Fsp3) is 0.692. The number of hydrogen-bond acceptors (Lipinski definition) is 4. The third-order valence-electron chi connectivity index (χ3n) is 3.07. The van der Waals surface area contributed by atoms with Crippen molar-refractivity contribution in [2.45, 2.75) is 46.7 Å². The Kier molecular flexibility index (Phi) is 5.34. The predicted molar refractivity (Wildman–Crippen MR) is 70.4 cm³/mol. The van der Waals surface area contributed by atoms with Gasteiger partial charge in [0.25, 0.3) is 0 Å². The first kappa shape index (κ1) is 14.7. The summed E-state index contributed by atoms with van der Waals surface area (Å²) in [6.07, 6.45) is 0.680. The van der Waals surface area contributed by atoms with Crippen LogP contribution in [0.1, 0.15) is 43.3 Å². The van der Waals surface area contributed by atoms with Crippen LogP contribution in [0.25, 0.3) is 0 Å². The van der Waals surface area contributed by atoms with Gasteiger partial charge in [-0.25, -0.2) is 4.79 Å². The van der Waals surface area contributed by atoms with E-state index in [4.69, 9.17) is 4.74 Å². The van der Waals surface area contributed by atoms with Gasteiger partial charge in [-0.2, -0.15) is 5.10 Å². The standard InChI is InChI=1S/C13H23N3O2/c1-6-12(13(17)18-7-2)16-10(4)11(8-14-5)9(3)15-16/h12,14H,6-8H2,1-5H3. The molecule has 0 spiro atoms. The summed E-state index contributed by atoms with van der Waals surface area (Å²) < 4.78 is 6.89. The quantitative estimate of drug-likeness (QED) is 0.784. The minimum absolute atomic E-state index is 0.207. The molecule has 0 aliphatic heterocycles. The Morgan fingerprint density at radius 3 is 2.61 bits per heavy atom. The maximum atomic E-state index is 11.9. The Hall–Kier alpha value is -1.36. The van der Waals surface area contributed by atoms with Gasteiger partial charge in [0.2, 0.25) is 0 Å². The van der Waals surface area contributed by atoms with Crippen LogP contribution >= 0.6 is 0 Å². The number of hydrogen-bond donors (Lipinski definition) is 1. The van der Waals surface area contributed by atoms with Crippen LogP contribution < -0.4 is 5.32 Å². The zero-order chi connectivity index (χ0) is 13.7. The van der Waals surface area contributed by atoms with Gasteiger partial charge in [-0.15, -0.1) is 0 Å². The molecule has 1 atom stereocenters. The number of ether oxygens (including phenoxy) is 1. The summed E-state index contributed by atoms with van der Waals surface area (Å²) >= 11 is 0. The van der Waals surface area contributed by atoms with Gasteiger partial charge in [0.05, 0.1) is 12.3 Å². The van der Waals surface area contributed by atoms with Crippen LogP contribution in [0.2, 0.25) is 0 Å². The number of nitrogens with zero attached hydrogens (tertiary/aromatic N) is 2. The molecule has 0 bridgehead atoms. The molecule has 0 aromatic carbocycles. The lowest BCUT2D eigenvalue weighted by Gasteiger charge is -2.16. The maximum absolute atomic E-state index is 11.9. The van der Waals surface area contributed by atoms with Gasteiger partial charge in [0.15, 0.2) is 0 Å². The zero-order valence-corrected chi connectivity index (χ0v) is 11.9. The molecule has 1 heterocycles. The molecule has 1 aromatic heterocycles. The molecule has 1 aromatic rings. The molecule has 18 heavy (non-hydrogen) atoms. The highest BCUT2D eigenvalue weighted by Gasteiger charge is 2.24. The molecule has 1 rings (SSSR count). The van der Waals surface area contributed by atoms with Crippen LogP contribution in [0.15, 0.2) is 0 Å². The number of nitrogens with one attached hydrogen (secondary N) is 1. The van der Waals surface area contributed by atoms with Gasteiger partial charge >= 0.3 is 5.97 Å². The maximum Gasteiger partial charge on any atom is 0.330 e. The molecule has 0 saturated carbocycles. The third kappa shape index (κ3) is 2.90. The van der Waals surface area contributed by atoms with E-state index in [0.717, 1.165) is 23.5 Å². The fourth-order valence-electron chi connectivity index (χ4n) is 2.11. The zero-order valence-electron chi connectivity index (χ0n) is 11.9. The molecule has 1 unspecified atom stereocenters. The van der Waals surface area contributed by atoms with Crippen LogP contribution in [0.4, 0.5) is 0 Å². The van der Waals surface area contributed by atoms with Crippen molar-refractivity contribution >= 4 is 5.97 Å². The van der Waals surface area contributed by atoms with E-state index in [2.05, 4.69) is 10.4 Å². The summed E-state index contributed by atoms with van der Waals surface area (Å²) in [5.74, 6) is -0.207. The number of carbonyl (C=O) groups excluding carboxylic acids is 1. The molecule has 102 valence electrons. The lowest BCUT2D eigenvalue weighted by molar-refractivity contribution is -0.147. The Balaban J connectivity index is 3.07. The second-order valence-corrected chi connectivity index (χ2v) is 4.30. The van der Waals surface area contributed by atoms with Crippen molar-refractivity contribution in [3.8, 4) is 0 Å². The molecule has 0 aliphatic rings. The average molecular weight is 253 g/mol. The molecule has 5 heteroatoms. The first-order chi connectivity index (χ1) is 8.56. The highest BCUT2D eigenvalue weighted by molar-refractivity contribution is 5.74. The van der Waals surface area contributed by atoms with Crippen molar-refractivity contribution in [2.75, 3.05) is 13.7 Å². The summed E-state index contributed by atoms with van der Waals surface area (Å²) in [6.45, 7) is 8.91. The minimum Gasteiger partial charge on any atom is -0.464 e. The van der Waals surface area contributed by atoms with Crippen LogP contribution in [0, 0.1) is 13.8 Å². The Morgan fingerprint density at radius 2 is 2.11 bits per heavy atom. The van der Waals surface area contributed by atoms with Gasteiger partial charge < -0.3 is 10.1 Å². The monoisotopic (exact) mass is 253 g/mol. The smallest absolute Gasteiger partial charge is 0.330 e. The van der Waals surface area contributed by atoms with Crippen LogP contribution in [-0.4, -0.2) is 29.4 Å². The number of carbonyl (C=O) groups is 1. The van der Waals surface area contributed by atoms with E-state index in [1.807, 2.05) is 34.7 Å². The second kappa shape index (κ2) is 6.54. The van der Waals surface area contributed by atoms with Crippen LogP contribution in [0.5, 0.6) is 0 Å². The van der Waals surface area contributed by atoms with E-state index in [9.17, 15) is 4.79 Å². The first-order valence-electron chi connectivity index (χ1n) is 6.42. The molecular weight excluding hydrogens is 230 g/mol. The van der Waals surface area contributed by atoms with Gasteiger partial charge in [-0.3, -0.25) is 4.68 Å². The molecular formula is C13H23N3O2. The second-order valence-electron chi connectivity index (χ2n) is 4.30. The number of aryl methyl sites for hydroxylation is 1. The first-order valence-corrected chi connectivity index (χ1v) is 6.42. The van der Waals surface area contributed by atoms with E-state index < -0.39 is 0 Å². The fourth-order valence-corrected chi connectivity index (χ4v) is 2.11. The number of aromatic nitrogens is 2. The highest BCUT2D eigenvalue weighted by Crippen LogP contribution is 2.20. The molecule has 0 fully saturated rings. The van der Waals surface area contributed by atoms with E-state index in [1.165, 1.54) is 0 Å². The number of rotatable bonds is 6. The van der Waals surface area contributed by atoms with Gasteiger partial charge in [-0.05, 0) is 34.2 Å². The molecule has 0 aliphatic carbocycles. The molecule has 0 radical (unpaired) electrons. The van der Waals surface area contributed by atoms with Crippen molar-refractivity contribution in [3.63, 3.8) is 0 Å². The summed E-state index contributed by atoms with van der Waals surface area (Å²) in [5.41, 5.74) is 3.15. The van der Waals surface area contributed by atoms with E-state index >= 15 is 0 Å². The SMILES string of the molecule is CCOC(=O)C(CC)n1nc(C)c(CNC)c1C. The highest BCUT2D eigenvalue weighted by atomic mass is 16.5. The Morgan fingerprint density at radius 1 is 1.44 bits per heavy atom. The molecule has 5 nitrogen and oxygen atoms in total. The molecule has 0 amide bonds. The Bertz CT molecular complexity index is 413. The lowest BCUT2D eigenvalue weighted by atomic mass is 10.2. The van der Waals surface area contributed by atoms with Crippen molar-refractivity contribution < 1.29 is 9.53 Å². The number of esters is 1. The van der Waals surface area contributed by atoms with Gasteiger partial charge in [0, 0.05) is 17.8 Å². The van der Waals surface area contributed by atoms with Crippen molar-refractivity contribution in [2.24, 2.45) is 0 Å². The summed E-state index contributed by atoms with van der Waals surface area (Å²) in [4.78, 5) is 11.9. The van der Waals surface area contributed by atoms with E-state index in [1.54, 1.807) is 4.68 Å². The predicted octanol–water partition coefficient (Wildman–Crippen LogP) is 1.73. The van der Waals surface area contributed by atoms with Crippen molar-refractivity contribution in [1.82, 2.24) is 15.1 Å². The van der Waals surface area contributed by atoms with Gasteiger partial charge in [-0.1, -0.05) is 6.92 Å². The minimum atomic E-state index is -0.325. The average Bonchev–Trinajstić information content (AvgIpc) is 2.59. The lowest BCUT2D eigenvalue weighted by Crippen LogP contribution is -2.23. The normalized spacial score (nSPS) is 12.5. The Labute approximate surface area is 109 Å². The summed E-state index contributed by atoms with van der Waals surface area (Å²) in [5, 5.41) is 7.60. The molecule has 1 N–H and O–H groups in total. The summed E-state index contributed by atoms with van der Waals surface area (Å²) in [6, 6.07) is -0.325. The molecule has 0 saturated heterocycles.